The summed E-state index contributed by atoms with van der Waals surface area (Å²) in [5, 5.41) is 4.11. The number of Topliss-reactive ketones (excluding diaryl/α,β-unsaturated/α-hetero) is 1. The lowest BCUT2D eigenvalue weighted by Crippen LogP contribution is -2.36. The number of carbonyl (C=O) groups excluding carboxylic acids is 1. The van der Waals surface area contributed by atoms with Crippen LogP contribution >= 0.6 is 0 Å². The maximum atomic E-state index is 12.8. The van der Waals surface area contributed by atoms with E-state index in [2.05, 4.69) is 15.0 Å². The van der Waals surface area contributed by atoms with Crippen LogP contribution in [0.3, 0.4) is 0 Å². The molecule has 0 spiro atoms. The standard InChI is InChI=1S/C24H27N3O4/c1-16-4-6-17(7-5-16)23(28)18-10-12-27(13-11-18)15-22-25-24(26-31-22)19-8-9-20(29-2)21(14-19)30-3/h4-9,14,18H,10-13,15H2,1-3H3. The molecule has 2 aromatic carbocycles. The number of piperidine rings is 1. The summed E-state index contributed by atoms with van der Waals surface area (Å²) in [5.74, 6) is 2.66. The zero-order valence-electron chi connectivity index (χ0n) is 18.1. The predicted molar refractivity (Wildman–Crippen MR) is 116 cm³/mol. The van der Waals surface area contributed by atoms with Crippen molar-refractivity contribution >= 4 is 5.78 Å². The van der Waals surface area contributed by atoms with Crippen LogP contribution in [0.2, 0.25) is 0 Å². The van der Waals surface area contributed by atoms with Gasteiger partial charge < -0.3 is 14.0 Å². The van der Waals surface area contributed by atoms with Crippen molar-refractivity contribution in [2.75, 3.05) is 27.3 Å². The van der Waals surface area contributed by atoms with Crippen LogP contribution in [0.25, 0.3) is 11.4 Å². The fourth-order valence-corrected chi connectivity index (χ4v) is 3.91. The zero-order chi connectivity index (χ0) is 21.8. The molecule has 1 fully saturated rings. The summed E-state index contributed by atoms with van der Waals surface area (Å²) in [6.45, 7) is 4.26. The number of aromatic nitrogens is 2. The van der Waals surface area contributed by atoms with Gasteiger partial charge in [-0.05, 0) is 51.1 Å². The van der Waals surface area contributed by atoms with Gasteiger partial charge in [-0.25, -0.2) is 0 Å². The first kappa shape index (κ1) is 21.1. The summed E-state index contributed by atoms with van der Waals surface area (Å²) in [7, 11) is 3.19. The average Bonchev–Trinajstić information content (AvgIpc) is 3.27. The molecule has 1 aromatic heterocycles. The van der Waals surface area contributed by atoms with E-state index >= 15 is 0 Å². The Hall–Kier alpha value is -3.19. The van der Waals surface area contributed by atoms with E-state index in [1.165, 1.54) is 5.56 Å². The molecule has 3 aromatic rings. The number of hydrogen-bond acceptors (Lipinski definition) is 7. The Balaban J connectivity index is 1.35. The summed E-state index contributed by atoms with van der Waals surface area (Å²) in [6.07, 6.45) is 1.67. The smallest absolute Gasteiger partial charge is 0.241 e. The van der Waals surface area contributed by atoms with Gasteiger partial charge in [-0.2, -0.15) is 4.98 Å². The molecular weight excluding hydrogens is 394 g/mol. The van der Waals surface area contributed by atoms with Crippen molar-refractivity contribution in [3.8, 4) is 22.9 Å². The molecule has 1 aliphatic heterocycles. The minimum Gasteiger partial charge on any atom is -0.493 e. The normalized spacial score (nSPS) is 15.1. The second-order valence-electron chi connectivity index (χ2n) is 7.86. The molecule has 0 amide bonds. The second kappa shape index (κ2) is 9.31. The van der Waals surface area contributed by atoms with Crippen LogP contribution in [-0.4, -0.2) is 48.1 Å². The Bertz CT molecular complexity index is 1040. The van der Waals surface area contributed by atoms with E-state index in [1.54, 1.807) is 14.2 Å². The molecule has 2 heterocycles. The molecule has 0 radical (unpaired) electrons. The Labute approximate surface area is 182 Å². The van der Waals surface area contributed by atoms with Crippen LogP contribution in [0, 0.1) is 12.8 Å². The minimum atomic E-state index is 0.0731. The number of ether oxygens (including phenoxy) is 2. The summed E-state index contributed by atoms with van der Waals surface area (Å²) in [5.41, 5.74) is 2.77. The second-order valence-corrected chi connectivity index (χ2v) is 7.86. The fraction of sp³-hybridized carbons (Fsp3) is 0.375. The Morgan fingerprint density at radius 2 is 1.77 bits per heavy atom. The Morgan fingerprint density at radius 3 is 2.45 bits per heavy atom. The molecule has 1 aliphatic rings. The number of carbonyl (C=O) groups is 1. The first-order valence-electron chi connectivity index (χ1n) is 10.5. The van der Waals surface area contributed by atoms with Gasteiger partial charge >= 0.3 is 0 Å². The van der Waals surface area contributed by atoms with Crippen molar-refractivity contribution in [1.29, 1.82) is 0 Å². The van der Waals surface area contributed by atoms with E-state index in [4.69, 9.17) is 14.0 Å². The fourth-order valence-electron chi connectivity index (χ4n) is 3.91. The molecule has 162 valence electrons. The first-order chi connectivity index (χ1) is 15.1. The molecule has 0 saturated carbocycles. The molecule has 7 heteroatoms. The van der Waals surface area contributed by atoms with Crippen molar-refractivity contribution in [3.05, 3.63) is 59.5 Å². The summed E-state index contributed by atoms with van der Waals surface area (Å²) in [4.78, 5) is 19.5. The van der Waals surface area contributed by atoms with Crippen LogP contribution in [0.1, 0.15) is 34.7 Å². The van der Waals surface area contributed by atoms with E-state index in [1.807, 2.05) is 49.4 Å². The monoisotopic (exact) mass is 421 g/mol. The van der Waals surface area contributed by atoms with E-state index in [9.17, 15) is 4.79 Å². The zero-order valence-corrected chi connectivity index (χ0v) is 18.1. The van der Waals surface area contributed by atoms with Gasteiger partial charge in [0.15, 0.2) is 17.3 Å². The maximum Gasteiger partial charge on any atom is 0.241 e. The van der Waals surface area contributed by atoms with Crippen molar-refractivity contribution in [2.45, 2.75) is 26.3 Å². The average molecular weight is 421 g/mol. The maximum absolute atomic E-state index is 12.8. The Morgan fingerprint density at radius 1 is 1.06 bits per heavy atom. The van der Waals surface area contributed by atoms with Gasteiger partial charge in [0.1, 0.15) is 0 Å². The van der Waals surface area contributed by atoms with Crippen molar-refractivity contribution in [3.63, 3.8) is 0 Å². The van der Waals surface area contributed by atoms with Crippen LogP contribution in [0.15, 0.2) is 47.0 Å². The van der Waals surface area contributed by atoms with E-state index in [-0.39, 0.29) is 11.7 Å². The van der Waals surface area contributed by atoms with E-state index < -0.39 is 0 Å². The van der Waals surface area contributed by atoms with Gasteiger partial charge in [-0.1, -0.05) is 35.0 Å². The number of likely N-dealkylation sites (tertiary alicyclic amines) is 1. The molecule has 7 nitrogen and oxygen atoms in total. The molecule has 0 aliphatic carbocycles. The largest absolute Gasteiger partial charge is 0.493 e. The third-order valence-electron chi connectivity index (χ3n) is 5.76. The molecule has 0 bridgehead atoms. The lowest BCUT2D eigenvalue weighted by molar-refractivity contribution is 0.0825. The molecule has 0 N–H and O–H groups in total. The van der Waals surface area contributed by atoms with Gasteiger partial charge in [-0.15, -0.1) is 0 Å². The SMILES string of the molecule is COc1ccc(-c2noc(CN3CCC(C(=O)c4ccc(C)cc4)CC3)n2)cc1OC. The molecule has 0 unspecified atom stereocenters. The highest BCUT2D eigenvalue weighted by Crippen LogP contribution is 2.31. The van der Waals surface area contributed by atoms with Gasteiger partial charge in [-0.3, -0.25) is 9.69 Å². The van der Waals surface area contributed by atoms with Crippen LogP contribution in [-0.2, 0) is 6.54 Å². The van der Waals surface area contributed by atoms with E-state index in [0.29, 0.717) is 29.8 Å². The number of benzene rings is 2. The number of rotatable bonds is 7. The molecular formula is C24H27N3O4. The third-order valence-corrected chi connectivity index (χ3v) is 5.76. The number of hydrogen-bond donors (Lipinski definition) is 0. The summed E-state index contributed by atoms with van der Waals surface area (Å²) >= 11 is 0. The molecule has 4 rings (SSSR count). The number of aryl methyl sites for hydroxylation is 1. The molecule has 1 saturated heterocycles. The van der Waals surface area contributed by atoms with Crippen LogP contribution in [0.4, 0.5) is 0 Å². The quantitative estimate of drug-likeness (QED) is 0.530. The lowest BCUT2D eigenvalue weighted by Gasteiger charge is -2.30. The highest BCUT2D eigenvalue weighted by atomic mass is 16.5. The molecule has 31 heavy (non-hydrogen) atoms. The third kappa shape index (κ3) is 4.77. The van der Waals surface area contributed by atoms with Crippen molar-refractivity contribution in [2.24, 2.45) is 5.92 Å². The number of nitrogens with zero attached hydrogens (tertiary/aromatic N) is 3. The van der Waals surface area contributed by atoms with Gasteiger partial charge in [0.2, 0.25) is 11.7 Å². The first-order valence-corrected chi connectivity index (χ1v) is 10.5. The van der Waals surface area contributed by atoms with Gasteiger partial charge in [0.05, 0.1) is 20.8 Å². The highest BCUT2D eigenvalue weighted by molar-refractivity contribution is 5.97. The van der Waals surface area contributed by atoms with Gasteiger partial charge in [0.25, 0.3) is 0 Å². The minimum absolute atomic E-state index is 0.0731. The summed E-state index contributed by atoms with van der Waals surface area (Å²) in [6, 6.07) is 13.4. The van der Waals surface area contributed by atoms with Crippen molar-refractivity contribution < 1.29 is 18.8 Å². The van der Waals surface area contributed by atoms with Crippen LogP contribution < -0.4 is 9.47 Å². The topological polar surface area (TPSA) is 77.7 Å². The van der Waals surface area contributed by atoms with E-state index in [0.717, 1.165) is 37.1 Å². The predicted octanol–water partition coefficient (Wildman–Crippen LogP) is 4.16. The Kier molecular flexibility index (Phi) is 6.32. The summed E-state index contributed by atoms with van der Waals surface area (Å²) < 4.78 is 16.1. The number of ketones is 1. The molecule has 0 atom stereocenters. The van der Waals surface area contributed by atoms with Crippen LogP contribution in [0.5, 0.6) is 11.5 Å². The highest BCUT2D eigenvalue weighted by Gasteiger charge is 2.26. The number of methoxy groups -OCH3 is 2. The van der Waals surface area contributed by atoms with Gasteiger partial charge in [0, 0.05) is 17.0 Å². The van der Waals surface area contributed by atoms with Crippen molar-refractivity contribution in [1.82, 2.24) is 15.0 Å². The lowest BCUT2D eigenvalue weighted by atomic mass is 9.88.